The molecule has 1 N–H and O–H groups in total. The second-order valence-corrected chi connectivity index (χ2v) is 5.90. The molecule has 1 unspecified atom stereocenters. The van der Waals surface area contributed by atoms with Crippen molar-refractivity contribution in [3.8, 4) is 0 Å². The van der Waals surface area contributed by atoms with E-state index in [1.165, 1.54) is 0 Å². The standard InChI is InChI=1S/C13H13ClN4S/c1-9(7-18-5-4-15-8-18)16-13-17-11-3-2-10(14)6-12(11)19-13/h2-6,8-9H,7H2,1H3,(H,16,17). The second kappa shape index (κ2) is 5.19. The summed E-state index contributed by atoms with van der Waals surface area (Å²) < 4.78 is 3.15. The van der Waals surface area contributed by atoms with Gasteiger partial charge in [-0.05, 0) is 25.1 Å². The number of halogens is 1. The lowest BCUT2D eigenvalue weighted by molar-refractivity contribution is 0.618. The number of nitrogens with one attached hydrogen (secondary N) is 1. The Hall–Kier alpha value is -1.59. The number of thiazole rings is 1. The summed E-state index contributed by atoms with van der Waals surface area (Å²) in [6.45, 7) is 2.98. The Morgan fingerprint density at radius 3 is 3.16 bits per heavy atom. The summed E-state index contributed by atoms with van der Waals surface area (Å²) in [6, 6.07) is 6.04. The van der Waals surface area contributed by atoms with Crippen LogP contribution in [0.3, 0.4) is 0 Å². The summed E-state index contributed by atoms with van der Waals surface area (Å²) in [6.07, 6.45) is 5.55. The van der Waals surface area contributed by atoms with Crippen LogP contribution in [0.2, 0.25) is 5.02 Å². The molecule has 3 aromatic rings. The summed E-state index contributed by atoms with van der Waals surface area (Å²) in [5.41, 5.74) is 0.978. The quantitative estimate of drug-likeness (QED) is 0.798. The predicted octanol–water partition coefficient (Wildman–Crippen LogP) is 3.65. The number of fused-ring (bicyclic) bond motifs is 1. The number of hydrogen-bond donors (Lipinski definition) is 1. The maximum Gasteiger partial charge on any atom is 0.184 e. The first-order chi connectivity index (χ1) is 9.20. The van der Waals surface area contributed by atoms with Gasteiger partial charge in [0.15, 0.2) is 5.13 Å². The van der Waals surface area contributed by atoms with E-state index in [2.05, 4.69) is 22.2 Å². The van der Waals surface area contributed by atoms with Crippen LogP contribution in [0.5, 0.6) is 0 Å². The minimum absolute atomic E-state index is 0.283. The van der Waals surface area contributed by atoms with Crippen LogP contribution in [0.15, 0.2) is 36.9 Å². The molecule has 3 rings (SSSR count). The third-order valence-electron chi connectivity index (χ3n) is 2.76. The maximum atomic E-state index is 5.98. The molecule has 98 valence electrons. The lowest BCUT2D eigenvalue weighted by Gasteiger charge is -2.12. The lowest BCUT2D eigenvalue weighted by Crippen LogP contribution is -2.21. The first-order valence-electron chi connectivity index (χ1n) is 5.99. The fourth-order valence-corrected chi connectivity index (χ4v) is 3.18. The molecule has 0 amide bonds. The molecular weight excluding hydrogens is 280 g/mol. The van der Waals surface area contributed by atoms with Crippen molar-refractivity contribution in [2.24, 2.45) is 0 Å². The summed E-state index contributed by atoms with van der Waals surface area (Å²) >= 11 is 7.60. The van der Waals surface area contributed by atoms with Crippen molar-refractivity contribution >= 4 is 38.3 Å². The Bertz CT molecular complexity index is 677. The van der Waals surface area contributed by atoms with Crippen LogP contribution in [0.1, 0.15) is 6.92 Å². The van der Waals surface area contributed by atoms with Crippen molar-refractivity contribution < 1.29 is 0 Å². The molecule has 2 heterocycles. The Labute approximate surface area is 120 Å². The average molecular weight is 293 g/mol. The molecule has 4 nitrogen and oxygen atoms in total. The van der Waals surface area contributed by atoms with Crippen molar-refractivity contribution in [1.82, 2.24) is 14.5 Å². The molecule has 0 saturated carbocycles. The van der Waals surface area contributed by atoms with E-state index in [-0.39, 0.29) is 6.04 Å². The largest absolute Gasteiger partial charge is 0.357 e. The predicted molar refractivity (Wildman–Crippen MR) is 79.9 cm³/mol. The van der Waals surface area contributed by atoms with E-state index in [0.717, 1.165) is 26.9 Å². The molecule has 6 heteroatoms. The van der Waals surface area contributed by atoms with Gasteiger partial charge in [-0.3, -0.25) is 0 Å². The topological polar surface area (TPSA) is 42.7 Å². The van der Waals surface area contributed by atoms with Crippen molar-refractivity contribution in [2.75, 3.05) is 5.32 Å². The zero-order valence-corrected chi connectivity index (χ0v) is 11.9. The Kier molecular flexibility index (Phi) is 3.40. The Balaban J connectivity index is 1.74. The van der Waals surface area contributed by atoms with E-state index in [1.54, 1.807) is 17.5 Å². The molecule has 0 aliphatic rings. The smallest absolute Gasteiger partial charge is 0.184 e. The first-order valence-corrected chi connectivity index (χ1v) is 7.18. The number of anilines is 1. The molecule has 0 bridgehead atoms. The van der Waals surface area contributed by atoms with E-state index in [1.807, 2.05) is 35.3 Å². The zero-order chi connectivity index (χ0) is 13.2. The second-order valence-electron chi connectivity index (χ2n) is 4.44. The third kappa shape index (κ3) is 2.88. The van der Waals surface area contributed by atoms with Gasteiger partial charge in [0.25, 0.3) is 0 Å². The van der Waals surface area contributed by atoms with Crippen LogP contribution in [0, 0.1) is 0 Å². The van der Waals surface area contributed by atoms with Crippen LogP contribution in [0.4, 0.5) is 5.13 Å². The highest BCUT2D eigenvalue weighted by atomic mass is 35.5. The van der Waals surface area contributed by atoms with Gasteiger partial charge in [0.1, 0.15) is 0 Å². The molecule has 1 aromatic carbocycles. The Morgan fingerprint density at radius 2 is 2.37 bits per heavy atom. The van der Waals surface area contributed by atoms with Crippen LogP contribution in [0.25, 0.3) is 10.2 Å². The average Bonchev–Trinajstić information content (AvgIpc) is 2.97. The third-order valence-corrected chi connectivity index (χ3v) is 3.95. The molecular formula is C13H13ClN4S. The molecule has 0 spiro atoms. The Morgan fingerprint density at radius 1 is 1.47 bits per heavy atom. The van der Waals surface area contributed by atoms with Crippen molar-refractivity contribution in [1.29, 1.82) is 0 Å². The van der Waals surface area contributed by atoms with Gasteiger partial charge in [-0.2, -0.15) is 0 Å². The number of imidazole rings is 1. The van der Waals surface area contributed by atoms with Gasteiger partial charge in [0.05, 0.1) is 16.5 Å². The SMILES string of the molecule is CC(Cn1ccnc1)Nc1nc2ccc(Cl)cc2s1. The molecule has 0 radical (unpaired) electrons. The van der Waals surface area contributed by atoms with Gasteiger partial charge in [-0.15, -0.1) is 0 Å². The number of benzene rings is 1. The fraction of sp³-hybridized carbons (Fsp3) is 0.231. The minimum Gasteiger partial charge on any atom is -0.357 e. The van der Waals surface area contributed by atoms with Gasteiger partial charge in [-0.1, -0.05) is 22.9 Å². The van der Waals surface area contributed by atoms with E-state index in [4.69, 9.17) is 11.6 Å². The number of aromatic nitrogens is 3. The molecule has 0 aliphatic heterocycles. The molecule has 0 fully saturated rings. The molecule has 1 atom stereocenters. The van der Waals surface area contributed by atoms with E-state index in [9.17, 15) is 0 Å². The van der Waals surface area contributed by atoms with Gasteiger partial charge >= 0.3 is 0 Å². The fourth-order valence-electron chi connectivity index (χ4n) is 1.93. The van der Waals surface area contributed by atoms with Crippen molar-refractivity contribution in [2.45, 2.75) is 19.5 Å². The summed E-state index contributed by atoms with van der Waals surface area (Å²) in [5.74, 6) is 0. The summed E-state index contributed by atoms with van der Waals surface area (Å²) in [5, 5.41) is 5.07. The van der Waals surface area contributed by atoms with Crippen molar-refractivity contribution in [3.63, 3.8) is 0 Å². The first kappa shape index (κ1) is 12.4. The normalized spacial score (nSPS) is 12.7. The van der Waals surface area contributed by atoms with Crippen LogP contribution < -0.4 is 5.32 Å². The van der Waals surface area contributed by atoms with Crippen LogP contribution >= 0.6 is 22.9 Å². The highest BCUT2D eigenvalue weighted by molar-refractivity contribution is 7.22. The summed E-state index contributed by atoms with van der Waals surface area (Å²) in [4.78, 5) is 8.58. The number of rotatable bonds is 4. The number of hydrogen-bond acceptors (Lipinski definition) is 4. The zero-order valence-electron chi connectivity index (χ0n) is 10.4. The van der Waals surface area contributed by atoms with Crippen LogP contribution in [-0.4, -0.2) is 20.6 Å². The number of nitrogens with zero attached hydrogens (tertiary/aromatic N) is 3. The highest BCUT2D eigenvalue weighted by Gasteiger charge is 2.08. The van der Waals surface area contributed by atoms with Gasteiger partial charge in [0.2, 0.25) is 0 Å². The highest BCUT2D eigenvalue weighted by Crippen LogP contribution is 2.28. The lowest BCUT2D eigenvalue weighted by atomic mass is 10.3. The molecule has 0 saturated heterocycles. The van der Waals surface area contributed by atoms with Gasteiger partial charge < -0.3 is 9.88 Å². The minimum atomic E-state index is 0.283. The monoisotopic (exact) mass is 292 g/mol. The molecule has 19 heavy (non-hydrogen) atoms. The van der Waals surface area contributed by atoms with Gasteiger partial charge in [0, 0.05) is 30.0 Å². The van der Waals surface area contributed by atoms with Gasteiger partial charge in [-0.25, -0.2) is 9.97 Å². The van der Waals surface area contributed by atoms with E-state index in [0.29, 0.717) is 0 Å². The maximum absolute atomic E-state index is 5.98. The van der Waals surface area contributed by atoms with E-state index < -0.39 is 0 Å². The van der Waals surface area contributed by atoms with Crippen LogP contribution in [-0.2, 0) is 6.54 Å². The molecule has 0 aliphatic carbocycles. The summed E-state index contributed by atoms with van der Waals surface area (Å²) in [7, 11) is 0. The van der Waals surface area contributed by atoms with Crippen molar-refractivity contribution in [3.05, 3.63) is 41.9 Å². The molecule has 2 aromatic heterocycles. The van der Waals surface area contributed by atoms with E-state index >= 15 is 0 Å².